The third kappa shape index (κ3) is 3.74. The van der Waals surface area contributed by atoms with Crippen molar-refractivity contribution in [2.24, 2.45) is 5.41 Å². The zero-order chi connectivity index (χ0) is 11.2. The molecule has 0 spiro atoms. The molecule has 0 aromatic heterocycles. The lowest BCUT2D eigenvalue weighted by molar-refractivity contribution is -0.148. The second-order valence-electron chi connectivity index (χ2n) is 3.43. The van der Waals surface area contributed by atoms with E-state index in [1.807, 2.05) is 0 Å². The van der Waals surface area contributed by atoms with Crippen molar-refractivity contribution in [3.05, 3.63) is 0 Å². The zero-order valence-electron chi connectivity index (χ0n) is 8.79. The first-order valence-electron chi connectivity index (χ1n) is 4.45. The highest BCUT2D eigenvalue weighted by Crippen LogP contribution is 2.19. The molecule has 0 rings (SSSR count). The molecule has 0 fully saturated rings. The van der Waals surface area contributed by atoms with Crippen molar-refractivity contribution in [1.29, 1.82) is 0 Å². The maximum atomic E-state index is 11.0. The van der Waals surface area contributed by atoms with Gasteiger partial charge in [0.05, 0.1) is 5.41 Å². The fourth-order valence-electron chi connectivity index (χ4n) is 0.828. The summed E-state index contributed by atoms with van der Waals surface area (Å²) in [6.07, 6.45) is 0.468. The molecule has 0 aliphatic heterocycles. The Kier molecular flexibility index (Phi) is 5.15. The van der Waals surface area contributed by atoms with Crippen LogP contribution in [0.1, 0.15) is 20.3 Å². The molecule has 0 radical (unpaired) electrons. The van der Waals surface area contributed by atoms with Gasteiger partial charge in [-0.1, -0.05) is 6.92 Å². The third-order valence-electron chi connectivity index (χ3n) is 2.25. The first-order valence-corrected chi connectivity index (χ1v) is 4.45. The van der Waals surface area contributed by atoms with Crippen LogP contribution in [0.3, 0.4) is 0 Å². The minimum atomic E-state index is -0.905. The molecule has 2 N–H and O–H groups in total. The molecule has 0 heterocycles. The van der Waals surface area contributed by atoms with Gasteiger partial charge in [0.15, 0.2) is 0 Å². The van der Waals surface area contributed by atoms with Gasteiger partial charge in [-0.25, -0.2) is 0 Å². The summed E-state index contributed by atoms with van der Waals surface area (Å²) in [6, 6.07) is 0. The molecule has 5 nitrogen and oxygen atoms in total. The molecule has 82 valence electrons. The van der Waals surface area contributed by atoms with Crippen molar-refractivity contribution in [3.63, 3.8) is 0 Å². The fourth-order valence-corrected chi connectivity index (χ4v) is 0.828. The van der Waals surface area contributed by atoms with E-state index in [1.54, 1.807) is 13.8 Å². The van der Waals surface area contributed by atoms with Crippen LogP contribution in [0, 0.1) is 5.41 Å². The van der Waals surface area contributed by atoms with Gasteiger partial charge in [0.1, 0.15) is 6.61 Å². The quantitative estimate of drug-likeness (QED) is 0.648. The van der Waals surface area contributed by atoms with Gasteiger partial charge < -0.3 is 15.2 Å². The van der Waals surface area contributed by atoms with Crippen LogP contribution in [-0.2, 0) is 14.3 Å². The minimum absolute atomic E-state index is 0.0422. The average molecular weight is 203 g/mol. The van der Waals surface area contributed by atoms with Crippen molar-refractivity contribution < 1.29 is 19.4 Å². The van der Waals surface area contributed by atoms with E-state index >= 15 is 0 Å². The summed E-state index contributed by atoms with van der Waals surface area (Å²) in [6.45, 7) is 3.46. The first-order chi connectivity index (χ1) is 6.46. The fraction of sp³-hybridized carbons (Fsp3) is 0.778. The Morgan fingerprint density at radius 1 is 1.50 bits per heavy atom. The molecule has 0 aliphatic carbocycles. The lowest BCUT2D eigenvalue weighted by Crippen LogP contribution is -2.41. The molecule has 1 amide bonds. The summed E-state index contributed by atoms with van der Waals surface area (Å²) in [5.41, 5.74) is -0.899. The maximum absolute atomic E-state index is 11.0. The Morgan fingerprint density at radius 2 is 2.07 bits per heavy atom. The Morgan fingerprint density at radius 3 is 2.43 bits per heavy atom. The molecule has 1 atom stereocenters. The number of rotatable bonds is 6. The van der Waals surface area contributed by atoms with Gasteiger partial charge in [-0.05, 0) is 13.3 Å². The van der Waals surface area contributed by atoms with E-state index in [-0.39, 0.29) is 19.1 Å². The number of amides is 1. The zero-order valence-corrected chi connectivity index (χ0v) is 8.79. The highest BCUT2D eigenvalue weighted by molar-refractivity contribution is 5.79. The lowest BCUT2D eigenvalue weighted by Gasteiger charge is -2.22. The van der Waals surface area contributed by atoms with E-state index < -0.39 is 11.4 Å². The number of aliphatic carboxylic acids is 1. The van der Waals surface area contributed by atoms with E-state index in [9.17, 15) is 9.59 Å². The predicted octanol–water partition coefficient (Wildman–Crippen LogP) is 0.250. The number of hydrogen-bond acceptors (Lipinski definition) is 3. The molecule has 0 aromatic carbocycles. The monoisotopic (exact) mass is 203 g/mol. The summed E-state index contributed by atoms with van der Waals surface area (Å²) in [5, 5.41) is 11.4. The first kappa shape index (κ1) is 12.9. The number of carbonyl (C=O) groups is 2. The standard InChI is InChI=1S/C9H17NO4/c1-4-9(2,8(12)13)6-10-7(11)5-14-3/h4-6H2,1-3H3,(H,10,11)(H,12,13). The molecule has 0 bridgehead atoms. The smallest absolute Gasteiger partial charge is 0.311 e. The highest BCUT2D eigenvalue weighted by Gasteiger charge is 2.31. The normalized spacial score (nSPS) is 14.5. The summed E-state index contributed by atoms with van der Waals surface area (Å²) < 4.78 is 4.60. The molecule has 0 aromatic rings. The number of hydrogen-bond donors (Lipinski definition) is 2. The molecular formula is C9H17NO4. The molecule has 14 heavy (non-hydrogen) atoms. The van der Waals surface area contributed by atoms with Gasteiger partial charge in [-0.2, -0.15) is 0 Å². The number of carboxylic acid groups (broad SMARTS) is 1. The molecule has 1 unspecified atom stereocenters. The summed E-state index contributed by atoms with van der Waals surface area (Å²) >= 11 is 0. The van der Waals surface area contributed by atoms with E-state index in [2.05, 4.69) is 10.1 Å². The molecular weight excluding hydrogens is 186 g/mol. The van der Waals surface area contributed by atoms with E-state index in [0.29, 0.717) is 6.42 Å². The van der Waals surface area contributed by atoms with Gasteiger partial charge in [0, 0.05) is 13.7 Å². The summed E-state index contributed by atoms with van der Waals surface area (Å²) in [7, 11) is 1.41. The van der Waals surface area contributed by atoms with Crippen molar-refractivity contribution in [2.45, 2.75) is 20.3 Å². The average Bonchev–Trinajstić information content (AvgIpc) is 2.14. The second kappa shape index (κ2) is 5.59. The van der Waals surface area contributed by atoms with Crippen LogP contribution in [-0.4, -0.2) is 37.2 Å². The number of ether oxygens (including phenoxy) is 1. The van der Waals surface area contributed by atoms with Crippen LogP contribution in [0.2, 0.25) is 0 Å². The van der Waals surface area contributed by atoms with Gasteiger partial charge in [0.25, 0.3) is 0 Å². The Labute approximate surface area is 83.4 Å². The summed E-state index contributed by atoms with van der Waals surface area (Å²) in [5.74, 6) is -1.20. The number of nitrogens with one attached hydrogen (secondary N) is 1. The topological polar surface area (TPSA) is 75.6 Å². The molecule has 0 aliphatic rings. The van der Waals surface area contributed by atoms with E-state index in [1.165, 1.54) is 7.11 Å². The van der Waals surface area contributed by atoms with Gasteiger partial charge >= 0.3 is 5.97 Å². The molecule has 5 heteroatoms. The number of carbonyl (C=O) groups excluding carboxylic acids is 1. The SMILES string of the molecule is CCC(C)(CNC(=O)COC)C(=O)O. The predicted molar refractivity (Wildman–Crippen MR) is 50.9 cm³/mol. The highest BCUT2D eigenvalue weighted by atomic mass is 16.5. The lowest BCUT2D eigenvalue weighted by atomic mass is 9.88. The van der Waals surface area contributed by atoms with Crippen LogP contribution < -0.4 is 5.32 Å². The minimum Gasteiger partial charge on any atom is -0.481 e. The van der Waals surface area contributed by atoms with Crippen molar-refractivity contribution in [2.75, 3.05) is 20.3 Å². The van der Waals surface area contributed by atoms with Crippen molar-refractivity contribution >= 4 is 11.9 Å². The largest absolute Gasteiger partial charge is 0.481 e. The van der Waals surface area contributed by atoms with Gasteiger partial charge in [-0.3, -0.25) is 9.59 Å². The van der Waals surface area contributed by atoms with Gasteiger partial charge in [0.2, 0.25) is 5.91 Å². The Bertz CT molecular complexity index is 217. The van der Waals surface area contributed by atoms with Gasteiger partial charge in [-0.15, -0.1) is 0 Å². The Hall–Kier alpha value is -1.10. The Balaban J connectivity index is 4.08. The maximum Gasteiger partial charge on any atom is 0.311 e. The molecule has 0 saturated heterocycles. The van der Waals surface area contributed by atoms with Crippen LogP contribution >= 0.6 is 0 Å². The van der Waals surface area contributed by atoms with Crippen LogP contribution in [0.4, 0.5) is 0 Å². The second-order valence-corrected chi connectivity index (χ2v) is 3.43. The van der Waals surface area contributed by atoms with Crippen LogP contribution in [0.25, 0.3) is 0 Å². The molecule has 0 saturated carbocycles. The van der Waals surface area contributed by atoms with Crippen molar-refractivity contribution in [1.82, 2.24) is 5.32 Å². The van der Waals surface area contributed by atoms with Crippen molar-refractivity contribution in [3.8, 4) is 0 Å². The third-order valence-corrected chi connectivity index (χ3v) is 2.25. The van der Waals surface area contributed by atoms with Crippen LogP contribution in [0.15, 0.2) is 0 Å². The van der Waals surface area contributed by atoms with Crippen LogP contribution in [0.5, 0.6) is 0 Å². The van der Waals surface area contributed by atoms with E-state index in [4.69, 9.17) is 5.11 Å². The summed E-state index contributed by atoms with van der Waals surface area (Å²) in [4.78, 5) is 21.8. The number of methoxy groups -OCH3 is 1. The van der Waals surface area contributed by atoms with E-state index in [0.717, 1.165) is 0 Å². The number of carboxylic acids is 1.